The molecular formula is C15H14F2N2O2. The number of nitrogen functional groups attached to an aromatic ring is 1. The van der Waals surface area contributed by atoms with Crippen LogP contribution < -0.4 is 15.8 Å². The van der Waals surface area contributed by atoms with Crippen LogP contribution in [0.2, 0.25) is 0 Å². The van der Waals surface area contributed by atoms with Crippen molar-refractivity contribution in [1.82, 2.24) is 0 Å². The van der Waals surface area contributed by atoms with Crippen LogP contribution in [0.25, 0.3) is 0 Å². The molecule has 0 bridgehead atoms. The lowest BCUT2D eigenvalue weighted by Gasteiger charge is -2.12. The number of benzene rings is 2. The van der Waals surface area contributed by atoms with Gasteiger partial charge in [-0.3, -0.25) is 4.79 Å². The van der Waals surface area contributed by atoms with Gasteiger partial charge in [0, 0.05) is 11.8 Å². The molecule has 0 aromatic heterocycles. The van der Waals surface area contributed by atoms with E-state index in [1.807, 2.05) is 13.0 Å². The van der Waals surface area contributed by atoms with Crippen LogP contribution in [0.4, 0.5) is 20.2 Å². The van der Waals surface area contributed by atoms with Gasteiger partial charge < -0.3 is 15.8 Å². The number of halogens is 2. The van der Waals surface area contributed by atoms with Crippen LogP contribution in [0.1, 0.15) is 15.9 Å². The van der Waals surface area contributed by atoms with Crippen molar-refractivity contribution in [2.45, 2.75) is 6.92 Å². The average molecular weight is 292 g/mol. The summed E-state index contributed by atoms with van der Waals surface area (Å²) in [5, 5.41) is 2.57. The number of hydrogen-bond donors (Lipinski definition) is 2. The lowest BCUT2D eigenvalue weighted by Crippen LogP contribution is -2.15. The summed E-state index contributed by atoms with van der Waals surface area (Å²) in [6.07, 6.45) is 0. The van der Waals surface area contributed by atoms with E-state index >= 15 is 0 Å². The van der Waals surface area contributed by atoms with E-state index in [4.69, 9.17) is 10.5 Å². The van der Waals surface area contributed by atoms with E-state index in [9.17, 15) is 13.6 Å². The Morgan fingerprint density at radius 2 is 1.86 bits per heavy atom. The van der Waals surface area contributed by atoms with E-state index in [0.29, 0.717) is 11.4 Å². The molecule has 0 aliphatic carbocycles. The Kier molecular flexibility index (Phi) is 4.07. The molecular weight excluding hydrogens is 278 g/mol. The molecule has 1 amide bonds. The van der Waals surface area contributed by atoms with E-state index in [1.54, 1.807) is 12.1 Å². The zero-order valence-corrected chi connectivity index (χ0v) is 11.5. The van der Waals surface area contributed by atoms with Crippen molar-refractivity contribution in [2.24, 2.45) is 0 Å². The summed E-state index contributed by atoms with van der Waals surface area (Å²) in [4.78, 5) is 12.1. The maximum atomic E-state index is 13.2. The number of amides is 1. The summed E-state index contributed by atoms with van der Waals surface area (Å²) in [6.45, 7) is 1.85. The van der Waals surface area contributed by atoms with E-state index < -0.39 is 17.5 Å². The van der Waals surface area contributed by atoms with E-state index in [1.165, 1.54) is 7.11 Å². The maximum Gasteiger partial charge on any atom is 0.257 e. The van der Waals surface area contributed by atoms with Crippen LogP contribution in [0, 0.1) is 18.6 Å². The number of carbonyl (C=O) groups is 1. The summed E-state index contributed by atoms with van der Waals surface area (Å²) in [5.41, 5.74) is 6.59. The highest BCUT2D eigenvalue weighted by Crippen LogP contribution is 2.26. The lowest BCUT2D eigenvalue weighted by atomic mass is 10.1. The molecule has 0 spiro atoms. The van der Waals surface area contributed by atoms with Gasteiger partial charge in [0.2, 0.25) is 0 Å². The Balaban J connectivity index is 2.34. The number of rotatable bonds is 3. The number of hydrogen-bond acceptors (Lipinski definition) is 3. The van der Waals surface area contributed by atoms with Crippen molar-refractivity contribution in [3.63, 3.8) is 0 Å². The molecule has 2 aromatic carbocycles. The van der Waals surface area contributed by atoms with Crippen LogP contribution >= 0.6 is 0 Å². The summed E-state index contributed by atoms with van der Waals surface area (Å²) in [6, 6.07) is 6.76. The summed E-state index contributed by atoms with van der Waals surface area (Å²) in [7, 11) is 1.46. The van der Waals surface area contributed by atoms with E-state index in [0.717, 1.165) is 17.7 Å². The number of aryl methyl sites for hydroxylation is 1. The topological polar surface area (TPSA) is 64.3 Å². The molecule has 0 aliphatic heterocycles. The molecule has 3 N–H and O–H groups in total. The molecule has 0 radical (unpaired) electrons. The summed E-state index contributed by atoms with van der Waals surface area (Å²) in [5.74, 6) is -2.42. The highest BCUT2D eigenvalue weighted by molar-refractivity contribution is 6.08. The normalized spacial score (nSPS) is 10.3. The van der Waals surface area contributed by atoms with Gasteiger partial charge in [-0.15, -0.1) is 0 Å². The van der Waals surface area contributed by atoms with Crippen molar-refractivity contribution in [3.05, 3.63) is 53.1 Å². The first-order valence-corrected chi connectivity index (χ1v) is 6.13. The molecule has 110 valence electrons. The van der Waals surface area contributed by atoms with Gasteiger partial charge in [-0.1, -0.05) is 6.07 Å². The number of nitrogens with two attached hydrogens (primary N) is 1. The van der Waals surface area contributed by atoms with Crippen LogP contribution in [-0.2, 0) is 0 Å². The fourth-order valence-electron chi connectivity index (χ4n) is 1.87. The standard InChI is InChI=1S/C15H14F2N2O2/c1-8-3-4-14(21-2)13(5-8)19-15(20)9-6-10(16)11(17)7-12(9)18/h3-7H,18H2,1-2H3,(H,19,20). The SMILES string of the molecule is COc1ccc(C)cc1NC(=O)c1cc(F)c(F)cc1N. The minimum absolute atomic E-state index is 0.141. The van der Waals surface area contributed by atoms with Gasteiger partial charge >= 0.3 is 0 Å². The Morgan fingerprint density at radius 3 is 2.52 bits per heavy atom. The molecule has 0 saturated heterocycles. The van der Waals surface area contributed by atoms with Gasteiger partial charge in [-0.2, -0.15) is 0 Å². The zero-order chi connectivity index (χ0) is 15.6. The number of anilines is 2. The first-order valence-electron chi connectivity index (χ1n) is 6.13. The fourth-order valence-corrected chi connectivity index (χ4v) is 1.87. The highest BCUT2D eigenvalue weighted by Gasteiger charge is 2.16. The molecule has 0 fully saturated rings. The monoisotopic (exact) mass is 292 g/mol. The Hall–Kier alpha value is -2.63. The smallest absolute Gasteiger partial charge is 0.257 e. The summed E-state index contributed by atoms with van der Waals surface area (Å²) < 4.78 is 31.4. The molecule has 0 atom stereocenters. The minimum Gasteiger partial charge on any atom is -0.495 e. The van der Waals surface area contributed by atoms with Gasteiger partial charge in [0.25, 0.3) is 5.91 Å². The largest absolute Gasteiger partial charge is 0.495 e. The Labute approximate surface area is 120 Å². The van der Waals surface area contributed by atoms with Crippen LogP contribution in [-0.4, -0.2) is 13.0 Å². The summed E-state index contributed by atoms with van der Waals surface area (Å²) >= 11 is 0. The van der Waals surface area contributed by atoms with Crippen molar-refractivity contribution < 1.29 is 18.3 Å². The average Bonchev–Trinajstić information content (AvgIpc) is 2.43. The lowest BCUT2D eigenvalue weighted by molar-refractivity contribution is 0.102. The highest BCUT2D eigenvalue weighted by atomic mass is 19.2. The molecule has 21 heavy (non-hydrogen) atoms. The Bertz CT molecular complexity index is 702. The fraction of sp³-hybridized carbons (Fsp3) is 0.133. The van der Waals surface area contributed by atoms with Gasteiger partial charge in [0.15, 0.2) is 11.6 Å². The zero-order valence-electron chi connectivity index (χ0n) is 11.5. The molecule has 0 aliphatic rings. The molecule has 2 aromatic rings. The number of nitrogens with one attached hydrogen (secondary N) is 1. The van der Waals surface area contributed by atoms with Crippen molar-refractivity contribution in [3.8, 4) is 5.75 Å². The third-order valence-electron chi connectivity index (χ3n) is 2.94. The first-order chi connectivity index (χ1) is 9.92. The van der Waals surface area contributed by atoms with Crippen molar-refractivity contribution in [1.29, 1.82) is 0 Å². The number of carbonyl (C=O) groups excluding carboxylic acids is 1. The second-order valence-corrected chi connectivity index (χ2v) is 4.51. The van der Waals surface area contributed by atoms with Crippen LogP contribution in [0.15, 0.2) is 30.3 Å². The minimum atomic E-state index is -1.13. The number of ether oxygens (including phenoxy) is 1. The van der Waals surface area contributed by atoms with Gasteiger partial charge in [-0.05, 0) is 30.7 Å². The second kappa shape index (κ2) is 5.78. The van der Waals surface area contributed by atoms with Gasteiger partial charge in [0.1, 0.15) is 5.75 Å². The van der Waals surface area contributed by atoms with Crippen molar-refractivity contribution in [2.75, 3.05) is 18.2 Å². The Morgan fingerprint density at radius 1 is 1.19 bits per heavy atom. The molecule has 0 unspecified atom stereocenters. The second-order valence-electron chi connectivity index (χ2n) is 4.51. The van der Waals surface area contributed by atoms with Crippen molar-refractivity contribution >= 4 is 17.3 Å². The van der Waals surface area contributed by atoms with Crippen LogP contribution in [0.3, 0.4) is 0 Å². The van der Waals surface area contributed by atoms with Crippen LogP contribution in [0.5, 0.6) is 5.75 Å². The predicted molar refractivity (Wildman–Crippen MR) is 76.5 cm³/mol. The first kappa shape index (κ1) is 14.8. The number of methoxy groups -OCH3 is 1. The van der Waals surface area contributed by atoms with Gasteiger partial charge in [-0.25, -0.2) is 8.78 Å². The maximum absolute atomic E-state index is 13.2. The predicted octanol–water partition coefficient (Wildman–Crippen LogP) is 3.12. The third-order valence-corrected chi connectivity index (χ3v) is 2.94. The molecule has 4 nitrogen and oxygen atoms in total. The van der Waals surface area contributed by atoms with E-state index in [2.05, 4.69) is 5.32 Å². The van der Waals surface area contributed by atoms with E-state index in [-0.39, 0.29) is 11.3 Å². The quantitative estimate of drug-likeness (QED) is 0.854. The third kappa shape index (κ3) is 3.10. The molecule has 2 rings (SSSR count). The molecule has 0 saturated carbocycles. The van der Waals surface area contributed by atoms with Gasteiger partial charge in [0.05, 0.1) is 18.4 Å². The molecule has 0 heterocycles. The molecule has 6 heteroatoms.